The SMILES string of the molecule is NNC(C1=COCCC1)C1C2CCc3ccccc3C21. The van der Waals surface area contributed by atoms with Crippen LogP contribution in [0.4, 0.5) is 0 Å². The Balaban J connectivity index is 1.60. The highest BCUT2D eigenvalue weighted by atomic mass is 16.5. The second-order valence-corrected chi connectivity index (χ2v) is 6.32. The van der Waals surface area contributed by atoms with Gasteiger partial charge in [0, 0.05) is 6.04 Å². The maximum Gasteiger partial charge on any atom is 0.0876 e. The minimum absolute atomic E-state index is 0.288. The summed E-state index contributed by atoms with van der Waals surface area (Å²) in [4.78, 5) is 0. The zero-order valence-electron chi connectivity index (χ0n) is 11.7. The molecule has 3 heteroatoms. The predicted molar refractivity (Wildman–Crippen MR) is 78.9 cm³/mol. The highest BCUT2D eigenvalue weighted by molar-refractivity contribution is 5.41. The lowest BCUT2D eigenvalue weighted by Gasteiger charge is -2.23. The van der Waals surface area contributed by atoms with Crippen LogP contribution in [0, 0.1) is 11.8 Å². The van der Waals surface area contributed by atoms with Crippen molar-refractivity contribution in [1.29, 1.82) is 0 Å². The van der Waals surface area contributed by atoms with Gasteiger partial charge in [0.15, 0.2) is 0 Å². The summed E-state index contributed by atoms with van der Waals surface area (Å²) in [5, 5.41) is 0. The van der Waals surface area contributed by atoms with Crippen LogP contribution in [-0.4, -0.2) is 12.6 Å². The van der Waals surface area contributed by atoms with Gasteiger partial charge in [0.1, 0.15) is 0 Å². The summed E-state index contributed by atoms with van der Waals surface area (Å²) in [5.41, 5.74) is 7.53. The first-order chi connectivity index (χ1) is 9.90. The second-order valence-electron chi connectivity index (χ2n) is 6.32. The lowest BCUT2D eigenvalue weighted by molar-refractivity contribution is 0.217. The highest BCUT2D eigenvalue weighted by Gasteiger charge is 2.56. The van der Waals surface area contributed by atoms with Gasteiger partial charge in [-0.25, -0.2) is 0 Å². The van der Waals surface area contributed by atoms with Crippen molar-refractivity contribution in [3.05, 3.63) is 47.2 Å². The van der Waals surface area contributed by atoms with E-state index in [1.54, 1.807) is 11.1 Å². The van der Waals surface area contributed by atoms with E-state index in [0.717, 1.165) is 25.4 Å². The van der Waals surface area contributed by atoms with Crippen LogP contribution in [-0.2, 0) is 11.2 Å². The Morgan fingerprint density at radius 1 is 1.25 bits per heavy atom. The molecule has 0 aromatic heterocycles. The summed E-state index contributed by atoms with van der Waals surface area (Å²) >= 11 is 0. The number of hydrogen-bond acceptors (Lipinski definition) is 3. The van der Waals surface area contributed by atoms with Crippen molar-refractivity contribution in [3.63, 3.8) is 0 Å². The number of hydrazine groups is 1. The van der Waals surface area contributed by atoms with Crippen LogP contribution < -0.4 is 11.3 Å². The molecule has 1 aliphatic heterocycles. The number of benzene rings is 1. The van der Waals surface area contributed by atoms with E-state index in [9.17, 15) is 0 Å². The van der Waals surface area contributed by atoms with Crippen molar-refractivity contribution >= 4 is 0 Å². The number of nitrogens with one attached hydrogen (secondary N) is 1. The lowest BCUT2D eigenvalue weighted by Crippen LogP contribution is -2.39. The molecular weight excluding hydrogens is 248 g/mol. The van der Waals surface area contributed by atoms with Crippen LogP contribution in [0.15, 0.2) is 36.1 Å². The summed E-state index contributed by atoms with van der Waals surface area (Å²) in [6.45, 7) is 0.848. The Morgan fingerprint density at radius 3 is 2.95 bits per heavy atom. The maximum absolute atomic E-state index is 5.87. The van der Waals surface area contributed by atoms with E-state index in [1.807, 2.05) is 6.26 Å². The molecule has 0 bridgehead atoms. The average molecular weight is 270 g/mol. The molecule has 1 aromatic carbocycles. The fourth-order valence-electron chi connectivity index (χ4n) is 4.35. The minimum atomic E-state index is 0.288. The van der Waals surface area contributed by atoms with E-state index in [-0.39, 0.29) is 6.04 Å². The number of nitrogens with two attached hydrogens (primary N) is 1. The molecule has 3 nitrogen and oxygen atoms in total. The van der Waals surface area contributed by atoms with Gasteiger partial charge in [-0.2, -0.15) is 0 Å². The molecule has 4 rings (SSSR count). The molecular formula is C17H22N2O. The van der Waals surface area contributed by atoms with Crippen LogP contribution in [0.25, 0.3) is 0 Å². The second kappa shape index (κ2) is 4.90. The summed E-state index contributed by atoms with van der Waals surface area (Å²) in [6.07, 6.45) is 6.71. The Labute approximate surface area is 120 Å². The van der Waals surface area contributed by atoms with Gasteiger partial charge in [0.2, 0.25) is 0 Å². The zero-order chi connectivity index (χ0) is 13.5. The molecule has 20 heavy (non-hydrogen) atoms. The Kier molecular flexibility index (Phi) is 3.04. The van der Waals surface area contributed by atoms with Crippen LogP contribution in [0.3, 0.4) is 0 Å². The number of fused-ring (bicyclic) bond motifs is 3. The van der Waals surface area contributed by atoms with Crippen molar-refractivity contribution in [3.8, 4) is 0 Å². The lowest BCUT2D eigenvalue weighted by atomic mass is 9.92. The maximum atomic E-state index is 5.87. The van der Waals surface area contributed by atoms with Gasteiger partial charge < -0.3 is 4.74 Å². The van der Waals surface area contributed by atoms with Crippen molar-refractivity contribution in [2.75, 3.05) is 6.61 Å². The Morgan fingerprint density at radius 2 is 2.15 bits per heavy atom. The third-order valence-electron chi connectivity index (χ3n) is 5.32. The summed E-state index contributed by atoms with van der Waals surface area (Å²) in [6, 6.07) is 9.22. The summed E-state index contributed by atoms with van der Waals surface area (Å²) in [7, 11) is 0. The molecule has 0 spiro atoms. The van der Waals surface area contributed by atoms with Crippen LogP contribution in [0.5, 0.6) is 0 Å². The van der Waals surface area contributed by atoms with Gasteiger partial charge in [-0.05, 0) is 60.1 Å². The molecule has 3 aliphatic rings. The quantitative estimate of drug-likeness (QED) is 0.655. The molecule has 0 amide bonds. The van der Waals surface area contributed by atoms with E-state index >= 15 is 0 Å². The van der Waals surface area contributed by atoms with Crippen molar-refractivity contribution in [2.24, 2.45) is 17.7 Å². The number of hydrogen-bond donors (Lipinski definition) is 2. The van der Waals surface area contributed by atoms with Gasteiger partial charge >= 0.3 is 0 Å². The molecule has 4 unspecified atom stereocenters. The Hall–Kier alpha value is -1.32. The van der Waals surface area contributed by atoms with Gasteiger partial charge in [-0.15, -0.1) is 0 Å². The first-order valence-electron chi connectivity index (χ1n) is 7.74. The van der Waals surface area contributed by atoms with E-state index in [1.165, 1.54) is 18.4 Å². The van der Waals surface area contributed by atoms with Crippen molar-refractivity contribution in [1.82, 2.24) is 5.43 Å². The third kappa shape index (κ3) is 1.88. The summed E-state index contributed by atoms with van der Waals surface area (Å²) in [5.74, 6) is 8.02. The van der Waals surface area contributed by atoms with Crippen LogP contribution in [0.1, 0.15) is 36.3 Å². The molecule has 106 valence electrons. The van der Waals surface area contributed by atoms with Gasteiger partial charge in [0.25, 0.3) is 0 Å². The monoisotopic (exact) mass is 270 g/mol. The molecule has 0 saturated heterocycles. The summed E-state index contributed by atoms with van der Waals surface area (Å²) < 4.78 is 5.51. The van der Waals surface area contributed by atoms with Crippen LogP contribution >= 0.6 is 0 Å². The smallest absolute Gasteiger partial charge is 0.0876 e. The first-order valence-corrected chi connectivity index (χ1v) is 7.74. The molecule has 1 heterocycles. The highest BCUT2D eigenvalue weighted by Crippen LogP contribution is 2.62. The van der Waals surface area contributed by atoms with Crippen molar-refractivity contribution < 1.29 is 4.74 Å². The largest absolute Gasteiger partial charge is 0.501 e. The average Bonchev–Trinajstić information content (AvgIpc) is 3.24. The fraction of sp³-hybridized carbons (Fsp3) is 0.529. The van der Waals surface area contributed by atoms with Gasteiger partial charge in [-0.3, -0.25) is 11.3 Å². The molecule has 1 aromatic rings. The predicted octanol–water partition coefficient (Wildman–Crippen LogP) is 2.49. The number of aryl methyl sites for hydroxylation is 1. The Bertz CT molecular complexity index is 540. The molecule has 4 atom stereocenters. The molecule has 2 aliphatic carbocycles. The molecule has 0 radical (unpaired) electrons. The van der Waals surface area contributed by atoms with E-state index in [4.69, 9.17) is 10.6 Å². The van der Waals surface area contributed by atoms with Crippen molar-refractivity contribution in [2.45, 2.75) is 37.6 Å². The number of rotatable bonds is 3. The van der Waals surface area contributed by atoms with E-state index in [0.29, 0.717) is 11.8 Å². The zero-order valence-corrected chi connectivity index (χ0v) is 11.7. The van der Waals surface area contributed by atoms with Gasteiger partial charge in [-0.1, -0.05) is 24.3 Å². The standard InChI is InChI=1S/C17H22N2O/c18-19-17(12-5-3-9-20-10-12)16-14-8-7-11-4-1-2-6-13(11)15(14)16/h1-2,4,6,10,14-17,19H,3,5,7-9,18H2. The van der Waals surface area contributed by atoms with E-state index < -0.39 is 0 Å². The third-order valence-corrected chi connectivity index (χ3v) is 5.32. The fourth-order valence-corrected chi connectivity index (χ4v) is 4.35. The first kappa shape index (κ1) is 12.4. The molecule has 3 N–H and O–H groups in total. The number of ether oxygens (including phenoxy) is 1. The normalized spacial score (nSPS) is 32.5. The van der Waals surface area contributed by atoms with Gasteiger partial charge in [0.05, 0.1) is 12.9 Å². The molecule has 1 saturated carbocycles. The topological polar surface area (TPSA) is 47.3 Å². The van der Waals surface area contributed by atoms with Crippen LogP contribution in [0.2, 0.25) is 0 Å². The molecule has 1 fully saturated rings. The van der Waals surface area contributed by atoms with E-state index in [2.05, 4.69) is 29.7 Å². The minimum Gasteiger partial charge on any atom is -0.501 e.